The number of rotatable bonds is 0. The lowest BCUT2D eigenvalue weighted by atomic mass is 10.1. The number of hydrogen-bond acceptors (Lipinski definition) is 1. The normalized spacial score (nSPS) is 10.0. The van der Waals surface area contributed by atoms with E-state index in [0.29, 0.717) is 16.5 Å². The molecule has 12 heavy (non-hydrogen) atoms. The molecular formula is C9H5FN2. The van der Waals surface area contributed by atoms with E-state index < -0.39 is 0 Å². The lowest BCUT2D eigenvalue weighted by Crippen LogP contribution is -1.81. The minimum absolute atomic E-state index is 0.332. The molecule has 0 fully saturated rings. The van der Waals surface area contributed by atoms with Crippen LogP contribution in [0, 0.1) is 18.2 Å². The van der Waals surface area contributed by atoms with E-state index in [-0.39, 0.29) is 5.82 Å². The molecule has 0 aliphatic rings. The number of benzene rings is 1. The lowest BCUT2D eigenvalue weighted by molar-refractivity contribution is 0.636. The highest BCUT2D eigenvalue weighted by Gasteiger charge is 2.04. The average molecular weight is 160 g/mol. The highest BCUT2D eigenvalue weighted by Crippen LogP contribution is 2.18. The number of H-pyrrole nitrogens is 1. The molecule has 0 unspecified atom stereocenters. The molecule has 58 valence electrons. The van der Waals surface area contributed by atoms with Gasteiger partial charge in [-0.25, -0.2) is 4.39 Å². The summed E-state index contributed by atoms with van der Waals surface area (Å²) in [6.45, 7) is 0. The third kappa shape index (κ3) is 0.785. The Balaban J connectivity index is 2.94. The van der Waals surface area contributed by atoms with Gasteiger partial charge in [0.25, 0.3) is 0 Å². The van der Waals surface area contributed by atoms with Crippen molar-refractivity contribution in [1.29, 1.82) is 0 Å². The molecule has 0 amide bonds. The molecule has 0 saturated heterocycles. The molecule has 0 bridgehead atoms. The Kier molecular flexibility index (Phi) is 1.34. The highest BCUT2D eigenvalue weighted by molar-refractivity contribution is 5.84. The van der Waals surface area contributed by atoms with Gasteiger partial charge in [0.15, 0.2) is 0 Å². The Morgan fingerprint density at radius 2 is 2.33 bits per heavy atom. The quantitative estimate of drug-likeness (QED) is 0.583. The number of nitrogens with zero attached hydrogens (tertiary/aromatic N) is 1. The average Bonchev–Trinajstić information content (AvgIpc) is 2.54. The number of nitrogens with one attached hydrogen (secondary N) is 1. The van der Waals surface area contributed by atoms with Crippen LogP contribution in [0.25, 0.3) is 10.9 Å². The molecule has 1 heterocycles. The minimum atomic E-state index is -0.332. The summed E-state index contributed by atoms with van der Waals surface area (Å²) in [5.41, 5.74) is 1.02. The first kappa shape index (κ1) is 6.86. The van der Waals surface area contributed by atoms with Crippen LogP contribution in [0.3, 0.4) is 0 Å². The van der Waals surface area contributed by atoms with Crippen LogP contribution in [0.2, 0.25) is 0 Å². The molecule has 0 aliphatic carbocycles. The summed E-state index contributed by atoms with van der Waals surface area (Å²) >= 11 is 0. The zero-order chi connectivity index (χ0) is 8.55. The van der Waals surface area contributed by atoms with Gasteiger partial charge in [0, 0.05) is 10.9 Å². The van der Waals surface area contributed by atoms with Gasteiger partial charge in [0.05, 0.1) is 6.20 Å². The maximum Gasteiger partial charge on any atom is 0.148 e. The lowest BCUT2D eigenvalue weighted by Gasteiger charge is -1.93. The van der Waals surface area contributed by atoms with Gasteiger partial charge in [-0.3, -0.25) is 5.10 Å². The van der Waals surface area contributed by atoms with E-state index in [9.17, 15) is 4.39 Å². The predicted octanol–water partition coefficient (Wildman–Crippen LogP) is 1.68. The molecule has 1 aromatic heterocycles. The van der Waals surface area contributed by atoms with E-state index >= 15 is 0 Å². The standard InChI is InChI=1S/C9H5FN2/c1-2-6-3-4-8(10)9-7(6)5-11-12-9/h1,3-5H,(H,11,12). The van der Waals surface area contributed by atoms with Crippen LogP contribution in [0.4, 0.5) is 4.39 Å². The van der Waals surface area contributed by atoms with Crippen molar-refractivity contribution in [3.8, 4) is 12.3 Å². The van der Waals surface area contributed by atoms with Gasteiger partial charge in [0.1, 0.15) is 11.3 Å². The Morgan fingerprint density at radius 3 is 3.08 bits per heavy atom. The number of fused-ring (bicyclic) bond motifs is 1. The van der Waals surface area contributed by atoms with E-state index in [1.807, 2.05) is 0 Å². The Morgan fingerprint density at radius 1 is 1.50 bits per heavy atom. The summed E-state index contributed by atoms with van der Waals surface area (Å²) in [6.07, 6.45) is 6.73. The maximum atomic E-state index is 13.0. The molecule has 2 nitrogen and oxygen atoms in total. The van der Waals surface area contributed by atoms with Gasteiger partial charge in [-0.05, 0) is 12.1 Å². The Hall–Kier alpha value is -1.82. The molecule has 0 aliphatic heterocycles. The van der Waals surface area contributed by atoms with Crippen molar-refractivity contribution < 1.29 is 4.39 Å². The molecular weight excluding hydrogens is 155 g/mol. The fraction of sp³-hybridized carbons (Fsp3) is 0. The van der Waals surface area contributed by atoms with E-state index in [4.69, 9.17) is 6.42 Å². The van der Waals surface area contributed by atoms with Gasteiger partial charge in [0.2, 0.25) is 0 Å². The first-order chi connectivity index (χ1) is 5.83. The van der Waals surface area contributed by atoms with Crippen LogP contribution in [0.5, 0.6) is 0 Å². The van der Waals surface area contributed by atoms with Crippen molar-refractivity contribution in [2.24, 2.45) is 0 Å². The van der Waals surface area contributed by atoms with E-state index in [1.165, 1.54) is 12.3 Å². The molecule has 1 N–H and O–H groups in total. The van der Waals surface area contributed by atoms with Crippen molar-refractivity contribution >= 4 is 10.9 Å². The van der Waals surface area contributed by atoms with Crippen LogP contribution in [0.15, 0.2) is 18.3 Å². The summed E-state index contributed by atoms with van der Waals surface area (Å²) < 4.78 is 13.0. The van der Waals surface area contributed by atoms with Gasteiger partial charge in [-0.2, -0.15) is 5.10 Å². The smallest absolute Gasteiger partial charge is 0.148 e. The SMILES string of the molecule is C#Cc1ccc(F)c2[nH]ncc12. The van der Waals surface area contributed by atoms with Crippen LogP contribution in [-0.2, 0) is 0 Å². The number of terminal acetylenes is 1. The second-order valence-corrected chi connectivity index (χ2v) is 2.40. The van der Waals surface area contributed by atoms with E-state index in [0.717, 1.165) is 0 Å². The summed E-state index contributed by atoms with van der Waals surface area (Å²) in [5.74, 6) is 2.12. The second-order valence-electron chi connectivity index (χ2n) is 2.40. The van der Waals surface area contributed by atoms with Crippen molar-refractivity contribution in [2.45, 2.75) is 0 Å². The topological polar surface area (TPSA) is 28.7 Å². The molecule has 1 aromatic carbocycles. The fourth-order valence-corrected chi connectivity index (χ4v) is 1.13. The molecule has 3 heteroatoms. The molecule has 0 spiro atoms. The zero-order valence-corrected chi connectivity index (χ0v) is 6.13. The predicted molar refractivity (Wildman–Crippen MR) is 44.0 cm³/mol. The molecule has 0 saturated carbocycles. The van der Waals surface area contributed by atoms with Crippen LogP contribution >= 0.6 is 0 Å². The van der Waals surface area contributed by atoms with Crippen molar-refractivity contribution in [3.63, 3.8) is 0 Å². The number of hydrogen-bond donors (Lipinski definition) is 1. The van der Waals surface area contributed by atoms with E-state index in [2.05, 4.69) is 16.1 Å². The monoisotopic (exact) mass is 160 g/mol. The molecule has 2 aromatic rings. The first-order valence-corrected chi connectivity index (χ1v) is 3.41. The van der Waals surface area contributed by atoms with Gasteiger partial charge < -0.3 is 0 Å². The number of halogens is 1. The van der Waals surface area contributed by atoms with Gasteiger partial charge in [-0.1, -0.05) is 5.92 Å². The summed E-state index contributed by atoms with van der Waals surface area (Å²) in [4.78, 5) is 0. The molecule has 0 atom stereocenters. The minimum Gasteiger partial charge on any atom is -0.275 e. The zero-order valence-electron chi connectivity index (χ0n) is 6.13. The molecule has 2 rings (SSSR count). The Bertz CT molecular complexity index is 465. The van der Waals surface area contributed by atoms with Gasteiger partial charge in [-0.15, -0.1) is 6.42 Å². The maximum absolute atomic E-state index is 13.0. The largest absolute Gasteiger partial charge is 0.275 e. The van der Waals surface area contributed by atoms with Gasteiger partial charge >= 0.3 is 0 Å². The summed E-state index contributed by atoms with van der Waals surface area (Å²) in [6, 6.07) is 2.89. The number of aromatic amines is 1. The third-order valence-electron chi connectivity index (χ3n) is 1.72. The third-order valence-corrected chi connectivity index (χ3v) is 1.72. The van der Waals surface area contributed by atoms with Crippen molar-refractivity contribution in [3.05, 3.63) is 29.7 Å². The van der Waals surface area contributed by atoms with E-state index in [1.54, 1.807) is 6.07 Å². The fourth-order valence-electron chi connectivity index (χ4n) is 1.13. The Labute approximate surface area is 68.4 Å². The molecule has 0 radical (unpaired) electrons. The summed E-state index contributed by atoms with van der Waals surface area (Å²) in [5, 5.41) is 6.90. The van der Waals surface area contributed by atoms with Crippen LogP contribution < -0.4 is 0 Å². The second kappa shape index (κ2) is 2.35. The summed E-state index contributed by atoms with van der Waals surface area (Å²) in [7, 11) is 0. The van der Waals surface area contributed by atoms with Crippen molar-refractivity contribution in [1.82, 2.24) is 10.2 Å². The first-order valence-electron chi connectivity index (χ1n) is 3.41. The van der Waals surface area contributed by atoms with Crippen LogP contribution in [-0.4, -0.2) is 10.2 Å². The van der Waals surface area contributed by atoms with Crippen LogP contribution in [0.1, 0.15) is 5.56 Å². The highest BCUT2D eigenvalue weighted by atomic mass is 19.1. The number of aromatic nitrogens is 2. The van der Waals surface area contributed by atoms with Crippen molar-refractivity contribution in [2.75, 3.05) is 0 Å².